The van der Waals surface area contributed by atoms with Crippen LogP contribution in [0.15, 0.2) is 37.0 Å². The van der Waals surface area contributed by atoms with Gasteiger partial charge in [0.25, 0.3) is 0 Å². The number of hydrogen-bond donors (Lipinski definition) is 1. The first-order chi connectivity index (χ1) is 9.81. The molecule has 0 spiro atoms. The number of fused-ring (bicyclic) bond motifs is 1. The van der Waals surface area contributed by atoms with Crippen LogP contribution in [0.25, 0.3) is 16.8 Å². The molecule has 21 heavy (non-hydrogen) atoms. The quantitative estimate of drug-likeness (QED) is 0.928. The molecule has 0 saturated heterocycles. The van der Waals surface area contributed by atoms with Gasteiger partial charge in [-0.3, -0.25) is 4.98 Å². The second-order valence-corrected chi connectivity index (χ2v) is 8.14. The molecule has 0 aliphatic carbocycles. The van der Waals surface area contributed by atoms with Crippen molar-refractivity contribution in [2.45, 2.75) is 38.5 Å². The molecule has 3 nitrogen and oxygen atoms in total. The van der Waals surface area contributed by atoms with Crippen LogP contribution in [0.2, 0.25) is 0 Å². The van der Waals surface area contributed by atoms with Crippen LogP contribution in [-0.2, 0) is 11.0 Å². The number of hydrogen-bond acceptors (Lipinski definition) is 2. The predicted octanol–water partition coefficient (Wildman–Crippen LogP) is 3.99. The predicted molar refractivity (Wildman–Crippen MR) is 91.3 cm³/mol. The van der Waals surface area contributed by atoms with E-state index in [0.717, 1.165) is 22.0 Å². The van der Waals surface area contributed by atoms with E-state index in [1.54, 1.807) is 6.08 Å². The lowest BCUT2D eigenvalue weighted by atomic mass is 10.0. The van der Waals surface area contributed by atoms with E-state index < -0.39 is 11.0 Å². The number of benzene rings is 1. The molecule has 2 rings (SSSR count). The number of nitrogens with zero attached hydrogens (tertiary/aromatic N) is 1. The maximum absolute atomic E-state index is 12.2. The zero-order chi connectivity index (χ0) is 15.6. The summed E-state index contributed by atoms with van der Waals surface area (Å²) in [6, 6.07) is 8.24. The summed E-state index contributed by atoms with van der Waals surface area (Å²) in [6.45, 7) is 11.7. The molecule has 4 heteroatoms. The third kappa shape index (κ3) is 3.77. The van der Waals surface area contributed by atoms with Gasteiger partial charge in [0.1, 0.15) is 0 Å². The molecule has 0 amide bonds. The first kappa shape index (κ1) is 15.9. The van der Waals surface area contributed by atoms with Gasteiger partial charge in [-0.15, -0.1) is 0 Å². The van der Waals surface area contributed by atoms with Crippen LogP contribution in [0.1, 0.15) is 45.0 Å². The average molecular weight is 302 g/mol. The van der Waals surface area contributed by atoms with Crippen molar-refractivity contribution in [2.24, 2.45) is 0 Å². The van der Waals surface area contributed by atoms with Crippen LogP contribution >= 0.6 is 0 Å². The molecule has 1 aromatic heterocycles. The van der Waals surface area contributed by atoms with Crippen molar-refractivity contribution in [2.75, 3.05) is 0 Å². The third-order valence-corrected chi connectivity index (χ3v) is 5.00. The number of aromatic nitrogens is 1. The number of rotatable bonds is 4. The molecule has 0 saturated carbocycles. The van der Waals surface area contributed by atoms with Gasteiger partial charge in [-0.05, 0) is 56.9 Å². The van der Waals surface area contributed by atoms with Crippen molar-refractivity contribution in [3.8, 4) is 0 Å². The molecule has 0 aliphatic rings. The number of nitrogens with one attached hydrogen (secondary N) is 1. The summed E-state index contributed by atoms with van der Waals surface area (Å²) >= 11 is 0. The second-order valence-electron chi connectivity index (χ2n) is 6.14. The smallest absolute Gasteiger partial charge is 0.0975 e. The van der Waals surface area contributed by atoms with E-state index in [1.807, 2.05) is 46.0 Å². The third-order valence-electron chi connectivity index (χ3n) is 3.32. The average Bonchev–Trinajstić information content (AvgIpc) is 2.44. The van der Waals surface area contributed by atoms with E-state index in [2.05, 4.69) is 28.4 Å². The van der Waals surface area contributed by atoms with Gasteiger partial charge >= 0.3 is 0 Å². The number of pyridine rings is 1. The van der Waals surface area contributed by atoms with E-state index in [0.29, 0.717) is 0 Å². The van der Waals surface area contributed by atoms with Crippen molar-refractivity contribution >= 4 is 27.8 Å². The Hall–Kier alpha value is -1.52. The topological polar surface area (TPSA) is 42.0 Å². The van der Waals surface area contributed by atoms with E-state index in [9.17, 15) is 4.21 Å². The lowest BCUT2D eigenvalue weighted by Crippen LogP contribution is -2.34. The summed E-state index contributed by atoms with van der Waals surface area (Å²) in [5.41, 5.74) is 1.97. The van der Waals surface area contributed by atoms with Crippen LogP contribution in [0.4, 0.5) is 0 Å². The lowest BCUT2D eigenvalue weighted by Gasteiger charge is -2.22. The van der Waals surface area contributed by atoms with E-state index in [4.69, 9.17) is 0 Å². The second kappa shape index (κ2) is 6.08. The molecule has 1 N–H and O–H groups in total. The minimum absolute atomic E-state index is 0.0230. The highest BCUT2D eigenvalue weighted by molar-refractivity contribution is 7.84. The van der Waals surface area contributed by atoms with Crippen LogP contribution < -0.4 is 4.72 Å². The highest BCUT2D eigenvalue weighted by atomic mass is 32.2. The molecule has 1 heterocycles. The minimum Gasteiger partial charge on any atom is -0.256 e. The molecule has 2 atom stereocenters. The summed E-state index contributed by atoms with van der Waals surface area (Å²) in [5, 5.41) is 2.21. The summed E-state index contributed by atoms with van der Waals surface area (Å²) in [7, 11) is -1.09. The highest BCUT2D eigenvalue weighted by Crippen LogP contribution is 2.22. The SMILES string of the molecule is C=Cc1cc2cc([C@@H](C)N[S@](=O)C(C)(C)C)ccc2cn1. The van der Waals surface area contributed by atoms with Crippen molar-refractivity contribution in [1.29, 1.82) is 0 Å². The first-order valence-electron chi connectivity index (χ1n) is 7.01. The van der Waals surface area contributed by atoms with Crippen molar-refractivity contribution < 1.29 is 4.21 Å². The maximum atomic E-state index is 12.2. The zero-order valence-corrected chi connectivity index (χ0v) is 13.8. The Morgan fingerprint density at radius 2 is 2.00 bits per heavy atom. The molecule has 112 valence electrons. The Morgan fingerprint density at radius 3 is 2.62 bits per heavy atom. The van der Waals surface area contributed by atoms with Gasteiger partial charge < -0.3 is 0 Å². The summed E-state index contributed by atoms with van der Waals surface area (Å²) in [4.78, 5) is 4.30. The van der Waals surface area contributed by atoms with Gasteiger partial charge in [-0.2, -0.15) is 0 Å². The van der Waals surface area contributed by atoms with Gasteiger partial charge in [-0.1, -0.05) is 18.7 Å². The molecular weight excluding hydrogens is 280 g/mol. The summed E-state index contributed by atoms with van der Waals surface area (Å²) < 4.78 is 15.1. The summed E-state index contributed by atoms with van der Waals surface area (Å²) in [6.07, 6.45) is 3.59. The molecule has 0 unspecified atom stereocenters. The highest BCUT2D eigenvalue weighted by Gasteiger charge is 2.21. The maximum Gasteiger partial charge on any atom is 0.0975 e. The fourth-order valence-corrected chi connectivity index (χ4v) is 2.77. The largest absolute Gasteiger partial charge is 0.256 e. The van der Waals surface area contributed by atoms with Gasteiger partial charge in [0.15, 0.2) is 0 Å². The molecule has 0 radical (unpaired) electrons. The Morgan fingerprint density at radius 1 is 1.29 bits per heavy atom. The standard InChI is InChI=1S/C17H22N2OS/c1-6-16-10-15-9-13(7-8-14(15)11-18-16)12(2)19-21(20)17(3,4)5/h6-12,19H,1H2,2-5H3/t12-,21-/m1/s1. The van der Waals surface area contributed by atoms with Gasteiger partial charge in [0, 0.05) is 17.6 Å². The van der Waals surface area contributed by atoms with Crippen LogP contribution in [0.3, 0.4) is 0 Å². The molecular formula is C17H22N2OS. The van der Waals surface area contributed by atoms with Gasteiger partial charge in [0.2, 0.25) is 0 Å². The van der Waals surface area contributed by atoms with Gasteiger partial charge in [0.05, 0.1) is 21.4 Å². The van der Waals surface area contributed by atoms with Crippen molar-refractivity contribution in [3.63, 3.8) is 0 Å². The van der Waals surface area contributed by atoms with E-state index >= 15 is 0 Å². The molecule has 0 fully saturated rings. The van der Waals surface area contributed by atoms with Crippen molar-refractivity contribution in [1.82, 2.24) is 9.71 Å². The van der Waals surface area contributed by atoms with Crippen LogP contribution in [-0.4, -0.2) is 13.9 Å². The molecule has 2 aromatic rings. The normalized spacial score (nSPS) is 14.9. The zero-order valence-electron chi connectivity index (χ0n) is 13.0. The molecule has 1 aromatic carbocycles. The van der Waals surface area contributed by atoms with Crippen LogP contribution in [0.5, 0.6) is 0 Å². The lowest BCUT2D eigenvalue weighted by molar-refractivity contribution is 0.616. The summed E-state index contributed by atoms with van der Waals surface area (Å²) in [5.74, 6) is 0. The monoisotopic (exact) mass is 302 g/mol. The fourth-order valence-electron chi connectivity index (χ4n) is 1.96. The van der Waals surface area contributed by atoms with Gasteiger partial charge in [-0.25, -0.2) is 8.93 Å². The Bertz CT molecular complexity index is 689. The van der Waals surface area contributed by atoms with E-state index in [1.165, 1.54) is 0 Å². The fraction of sp³-hybridized carbons (Fsp3) is 0.353. The minimum atomic E-state index is -1.09. The van der Waals surface area contributed by atoms with E-state index in [-0.39, 0.29) is 10.8 Å². The Kier molecular flexibility index (Phi) is 4.59. The van der Waals surface area contributed by atoms with Crippen LogP contribution in [0, 0.1) is 0 Å². The first-order valence-corrected chi connectivity index (χ1v) is 8.16. The van der Waals surface area contributed by atoms with Crippen molar-refractivity contribution in [3.05, 3.63) is 48.3 Å². The Balaban J connectivity index is 2.29. The Labute approximate surface area is 129 Å². The molecule has 0 aliphatic heterocycles. The molecule has 0 bridgehead atoms.